The molecule has 0 aromatic heterocycles. The van der Waals surface area contributed by atoms with Crippen molar-refractivity contribution < 1.29 is 13.2 Å². The number of rotatable bonds is 7. The fraction of sp³-hybridized carbons (Fsp3) is 0.231. The Morgan fingerprint density at radius 1 is 0.879 bits per heavy atom. The predicted octanol–water partition coefficient (Wildman–Crippen LogP) is 4.87. The molecule has 0 bridgehead atoms. The van der Waals surface area contributed by atoms with Crippen molar-refractivity contribution in [3.05, 3.63) is 95.6 Å². The van der Waals surface area contributed by atoms with Crippen LogP contribution in [-0.4, -0.2) is 20.0 Å². The standard InChI is InChI=1S/C26H29N3O3S/c1-19(27-28-25(30)18-20-8-6-5-7-9-20)21-10-14-23(15-11-21)29-33(31,32)24-16-12-22(13-17-24)26(2,3)4/h5-17,29H,18H2,1-4H3,(H,28,30)/b27-19-. The fourth-order valence-corrected chi connectivity index (χ4v) is 4.22. The third-order valence-corrected chi connectivity index (χ3v) is 6.54. The van der Waals surface area contributed by atoms with Crippen LogP contribution in [0.4, 0.5) is 5.69 Å². The fourth-order valence-electron chi connectivity index (χ4n) is 3.16. The molecule has 0 saturated heterocycles. The lowest BCUT2D eigenvalue weighted by atomic mass is 9.87. The quantitative estimate of drug-likeness (QED) is 0.387. The highest BCUT2D eigenvalue weighted by Gasteiger charge is 2.17. The first-order chi connectivity index (χ1) is 15.5. The van der Waals surface area contributed by atoms with E-state index >= 15 is 0 Å². The monoisotopic (exact) mass is 463 g/mol. The van der Waals surface area contributed by atoms with Crippen LogP contribution in [0.5, 0.6) is 0 Å². The Labute approximate surface area is 195 Å². The highest BCUT2D eigenvalue weighted by molar-refractivity contribution is 7.92. The molecule has 0 fully saturated rings. The molecule has 0 atom stereocenters. The largest absolute Gasteiger partial charge is 0.280 e. The molecule has 1 amide bonds. The number of benzene rings is 3. The van der Waals surface area contributed by atoms with E-state index in [4.69, 9.17) is 0 Å². The van der Waals surface area contributed by atoms with Gasteiger partial charge in [-0.1, -0.05) is 75.4 Å². The van der Waals surface area contributed by atoms with E-state index in [1.807, 2.05) is 42.5 Å². The predicted molar refractivity (Wildman–Crippen MR) is 133 cm³/mol. The Morgan fingerprint density at radius 2 is 1.48 bits per heavy atom. The number of hydrogen-bond donors (Lipinski definition) is 2. The molecule has 0 radical (unpaired) electrons. The highest BCUT2D eigenvalue weighted by Crippen LogP contribution is 2.24. The van der Waals surface area contributed by atoms with Crippen molar-refractivity contribution in [2.45, 2.75) is 44.4 Å². The molecule has 0 unspecified atom stereocenters. The van der Waals surface area contributed by atoms with Crippen molar-refractivity contribution in [1.82, 2.24) is 5.43 Å². The Balaban J connectivity index is 1.63. The average molecular weight is 464 g/mol. The molecule has 6 nitrogen and oxygen atoms in total. The van der Waals surface area contributed by atoms with Crippen LogP contribution < -0.4 is 10.1 Å². The summed E-state index contributed by atoms with van der Waals surface area (Å²) in [6.07, 6.45) is 0.245. The summed E-state index contributed by atoms with van der Waals surface area (Å²) < 4.78 is 28.1. The molecular weight excluding hydrogens is 434 g/mol. The number of hydrazone groups is 1. The van der Waals surface area contributed by atoms with Crippen LogP contribution in [0.1, 0.15) is 44.4 Å². The number of sulfonamides is 1. The molecule has 0 saturated carbocycles. The van der Waals surface area contributed by atoms with Gasteiger partial charge in [-0.05, 0) is 53.3 Å². The van der Waals surface area contributed by atoms with Gasteiger partial charge in [-0.15, -0.1) is 0 Å². The van der Waals surface area contributed by atoms with Crippen LogP contribution in [0.15, 0.2) is 88.9 Å². The van der Waals surface area contributed by atoms with E-state index in [-0.39, 0.29) is 22.6 Å². The van der Waals surface area contributed by atoms with Crippen LogP contribution in [0.2, 0.25) is 0 Å². The normalized spacial score (nSPS) is 12.3. The van der Waals surface area contributed by atoms with Crippen molar-refractivity contribution in [1.29, 1.82) is 0 Å². The Morgan fingerprint density at radius 3 is 2.06 bits per heavy atom. The lowest BCUT2D eigenvalue weighted by Crippen LogP contribution is -2.21. The molecule has 172 valence electrons. The van der Waals surface area contributed by atoms with Gasteiger partial charge in [0.25, 0.3) is 10.0 Å². The van der Waals surface area contributed by atoms with Gasteiger partial charge >= 0.3 is 0 Å². The maximum absolute atomic E-state index is 12.7. The molecule has 3 aromatic rings. The van der Waals surface area contributed by atoms with Crippen LogP contribution in [0, 0.1) is 0 Å². The van der Waals surface area contributed by atoms with Crippen LogP contribution >= 0.6 is 0 Å². The lowest BCUT2D eigenvalue weighted by molar-refractivity contribution is -0.120. The van der Waals surface area contributed by atoms with Crippen LogP contribution in [0.25, 0.3) is 0 Å². The molecule has 3 aromatic carbocycles. The molecule has 33 heavy (non-hydrogen) atoms. The van der Waals surface area contributed by atoms with E-state index < -0.39 is 10.0 Å². The smallest absolute Gasteiger partial charge is 0.261 e. The SMILES string of the molecule is C/C(=N/NC(=O)Cc1ccccc1)c1ccc(NS(=O)(=O)c2ccc(C(C)(C)C)cc2)cc1. The van der Waals surface area contributed by atoms with Gasteiger partial charge in [0.15, 0.2) is 0 Å². The van der Waals surface area contributed by atoms with E-state index in [2.05, 4.69) is 36.0 Å². The van der Waals surface area contributed by atoms with E-state index in [1.54, 1.807) is 43.3 Å². The van der Waals surface area contributed by atoms with Crippen molar-refractivity contribution in [2.75, 3.05) is 4.72 Å². The van der Waals surface area contributed by atoms with Crippen molar-refractivity contribution >= 4 is 27.3 Å². The van der Waals surface area contributed by atoms with Crippen LogP contribution in [0.3, 0.4) is 0 Å². The van der Waals surface area contributed by atoms with E-state index in [0.29, 0.717) is 11.4 Å². The summed E-state index contributed by atoms with van der Waals surface area (Å²) >= 11 is 0. The summed E-state index contributed by atoms with van der Waals surface area (Å²) in [5.41, 5.74) is 6.31. The second-order valence-corrected chi connectivity index (χ2v) is 10.5. The Hall–Kier alpha value is -3.45. The third kappa shape index (κ3) is 6.76. The zero-order valence-corrected chi connectivity index (χ0v) is 20.1. The number of carbonyl (C=O) groups excluding carboxylic acids is 1. The average Bonchev–Trinajstić information content (AvgIpc) is 2.78. The van der Waals surface area contributed by atoms with Gasteiger partial charge in [-0.25, -0.2) is 13.8 Å². The number of carbonyl (C=O) groups is 1. The number of hydrogen-bond acceptors (Lipinski definition) is 4. The van der Waals surface area contributed by atoms with Gasteiger partial charge in [0, 0.05) is 5.69 Å². The molecule has 2 N–H and O–H groups in total. The first kappa shape index (κ1) is 24.2. The summed E-state index contributed by atoms with van der Waals surface area (Å²) in [7, 11) is -3.70. The van der Waals surface area contributed by atoms with Crippen molar-refractivity contribution in [2.24, 2.45) is 5.10 Å². The number of nitrogens with zero attached hydrogens (tertiary/aromatic N) is 1. The number of nitrogens with one attached hydrogen (secondary N) is 2. The lowest BCUT2D eigenvalue weighted by Gasteiger charge is -2.19. The van der Waals surface area contributed by atoms with E-state index in [0.717, 1.165) is 16.7 Å². The molecule has 0 spiro atoms. The number of anilines is 1. The molecular formula is C26H29N3O3S. The number of amides is 1. The van der Waals surface area contributed by atoms with Crippen molar-refractivity contribution in [3.63, 3.8) is 0 Å². The molecule has 0 aliphatic carbocycles. The van der Waals surface area contributed by atoms with Gasteiger partial charge in [0.2, 0.25) is 5.91 Å². The van der Waals surface area contributed by atoms with Gasteiger partial charge in [-0.2, -0.15) is 5.10 Å². The third-order valence-electron chi connectivity index (χ3n) is 5.14. The summed E-state index contributed by atoms with van der Waals surface area (Å²) in [6.45, 7) is 8.02. The topological polar surface area (TPSA) is 87.6 Å². The molecule has 3 rings (SSSR count). The van der Waals surface area contributed by atoms with Gasteiger partial charge in [0.05, 0.1) is 17.0 Å². The van der Waals surface area contributed by atoms with Gasteiger partial charge in [0.1, 0.15) is 0 Å². The Kier molecular flexibility index (Phi) is 7.33. The van der Waals surface area contributed by atoms with Crippen LogP contribution in [-0.2, 0) is 26.7 Å². The molecule has 0 aliphatic rings. The van der Waals surface area contributed by atoms with E-state index in [9.17, 15) is 13.2 Å². The van der Waals surface area contributed by atoms with E-state index in [1.165, 1.54) is 0 Å². The highest BCUT2D eigenvalue weighted by atomic mass is 32.2. The summed E-state index contributed by atoms with van der Waals surface area (Å²) in [5, 5.41) is 4.15. The minimum absolute atomic E-state index is 0.0496. The Bertz CT molecular complexity index is 1230. The minimum atomic E-state index is -3.70. The molecule has 7 heteroatoms. The maximum atomic E-state index is 12.7. The first-order valence-corrected chi connectivity index (χ1v) is 12.1. The summed E-state index contributed by atoms with van der Waals surface area (Å²) in [5.74, 6) is -0.206. The molecule has 0 aliphatic heterocycles. The minimum Gasteiger partial charge on any atom is -0.280 e. The summed E-state index contributed by atoms with van der Waals surface area (Å²) in [6, 6.07) is 23.2. The second kappa shape index (κ2) is 10.0. The zero-order chi connectivity index (χ0) is 24.1. The molecule has 0 heterocycles. The van der Waals surface area contributed by atoms with Gasteiger partial charge < -0.3 is 0 Å². The van der Waals surface area contributed by atoms with Gasteiger partial charge in [-0.3, -0.25) is 9.52 Å². The van der Waals surface area contributed by atoms with Crippen molar-refractivity contribution in [3.8, 4) is 0 Å². The maximum Gasteiger partial charge on any atom is 0.261 e. The first-order valence-electron chi connectivity index (χ1n) is 10.7. The second-order valence-electron chi connectivity index (χ2n) is 8.85. The zero-order valence-electron chi connectivity index (χ0n) is 19.3. The summed E-state index contributed by atoms with van der Waals surface area (Å²) in [4.78, 5) is 12.3.